The summed E-state index contributed by atoms with van der Waals surface area (Å²) in [6.45, 7) is -0.189. The molecule has 0 radical (unpaired) electrons. The van der Waals surface area contributed by atoms with Crippen LogP contribution in [0.25, 0.3) is 5.57 Å². The minimum Gasteiger partial charge on any atom is -0.497 e. The number of carbonyl (C=O) groups excluding carboxylic acids is 2. The molecule has 1 heterocycles. The van der Waals surface area contributed by atoms with Crippen LogP contribution in [-0.2, 0) is 9.59 Å². The lowest BCUT2D eigenvalue weighted by atomic mass is 10.1. The van der Waals surface area contributed by atoms with Crippen molar-refractivity contribution in [2.75, 3.05) is 31.5 Å². The van der Waals surface area contributed by atoms with Gasteiger partial charge < -0.3 is 14.6 Å². The number of carbonyl (C=O) groups is 2. The number of hydrogen-bond donors (Lipinski definition) is 1. The smallest absolute Gasteiger partial charge is 0.272 e. The molecule has 0 spiro atoms. The van der Waals surface area contributed by atoms with E-state index >= 15 is 0 Å². The second kappa shape index (κ2) is 8.97. The van der Waals surface area contributed by atoms with Crippen LogP contribution in [0.2, 0.25) is 0 Å². The van der Waals surface area contributed by atoms with Gasteiger partial charge in [-0.2, -0.15) is 0 Å². The number of anilines is 1. The van der Waals surface area contributed by atoms with Gasteiger partial charge in [0.1, 0.15) is 11.5 Å². The van der Waals surface area contributed by atoms with E-state index in [1.54, 1.807) is 12.1 Å². The zero-order valence-corrected chi connectivity index (χ0v) is 17.0. The molecule has 10 heteroatoms. The highest BCUT2D eigenvalue weighted by Gasteiger charge is 2.41. The Bertz CT molecular complexity index is 1030. The number of thioether (sulfide) groups is 1. The van der Waals surface area contributed by atoms with Gasteiger partial charge in [0.25, 0.3) is 17.5 Å². The van der Waals surface area contributed by atoms with E-state index in [0.717, 1.165) is 16.7 Å². The average Bonchev–Trinajstić information content (AvgIpc) is 3.00. The topological polar surface area (TPSA) is 119 Å². The summed E-state index contributed by atoms with van der Waals surface area (Å²) in [5, 5.41) is 20.1. The number of imide groups is 1. The van der Waals surface area contributed by atoms with Gasteiger partial charge in [0.05, 0.1) is 41.9 Å². The molecule has 0 saturated carbocycles. The molecule has 1 N–H and O–H groups in total. The number of nitrogens with zero attached hydrogens (tertiary/aromatic N) is 2. The minimum atomic E-state index is -0.596. The molecule has 2 amide bonds. The number of non-ortho nitro benzene ring substituents is 1. The number of nitro groups is 1. The van der Waals surface area contributed by atoms with Gasteiger partial charge in [-0.1, -0.05) is 0 Å². The van der Waals surface area contributed by atoms with Crippen molar-refractivity contribution in [2.24, 2.45) is 0 Å². The average molecular weight is 430 g/mol. The summed E-state index contributed by atoms with van der Waals surface area (Å²) in [5.41, 5.74) is 0.555. The number of amides is 2. The highest BCUT2D eigenvalue weighted by Crippen LogP contribution is 2.42. The molecule has 3 rings (SSSR count). The fourth-order valence-corrected chi connectivity index (χ4v) is 3.85. The van der Waals surface area contributed by atoms with E-state index in [-0.39, 0.29) is 34.2 Å². The van der Waals surface area contributed by atoms with Crippen LogP contribution in [0.3, 0.4) is 0 Å². The molecule has 0 aliphatic carbocycles. The third kappa shape index (κ3) is 3.87. The first kappa shape index (κ1) is 21.3. The maximum atomic E-state index is 13.3. The van der Waals surface area contributed by atoms with Gasteiger partial charge in [-0.3, -0.25) is 19.7 Å². The molecule has 0 saturated heterocycles. The van der Waals surface area contributed by atoms with Gasteiger partial charge in [-0.25, -0.2) is 4.90 Å². The third-order valence-electron chi connectivity index (χ3n) is 4.37. The first-order valence-electron chi connectivity index (χ1n) is 8.76. The Labute approximate surface area is 176 Å². The first-order chi connectivity index (χ1) is 14.4. The fraction of sp³-hybridized carbons (Fsp3) is 0.200. The standard InChI is InChI=1S/C20H18N2O7S/c1-28-14-7-8-16(29-2)15(11-14)21-19(24)17(18(20(21)25)30-10-9-23)12-3-5-13(6-4-12)22(26)27/h3-8,11,23H,9-10H2,1-2H3. The highest BCUT2D eigenvalue weighted by atomic mass is 32.2. The Morgan fingerprint density at radius 2 is 1.77 bits per heavy atom. The molecule has 0 bridgehead atoms. The van der Waals surface area contributed by atoms with Crippen LogP contribution in [0.15, 0.2) is 47.4 Å². The van der Waals surface area contributed by atoms with Crippen LogP contribution in [0.5, 0.6) is 11.5 Å². The molecule has 0 atom stereocenters. The van der Waals surface area contributed by atoms with Crippen molar-refractivity contribution < 1.29 is 29.1 Å². The lowest BCUT2D eigenvalue weighted by Crippen LogP contribution is -2.31. The largest absolute Gasteiger partial charge is 0.497 e. The van der Waals surface area contributed by atoms with Crippen molar-refractivity contribution in [3.05, 3.63) is 63.0 Å². The number of aliphatic hydroxyl groups excluding tert-OH is 1. The number of ether oxygens (including phenoxy) is 2. The molecule has 1 aliphatic heterocycles. The van der Waals surface area contributed by atoms with Gasteiger partial charge in [0, 0.05) is 24.0 Å². The molecule has 2 aromatic carbocycles. The maximum absolute atomic E-state index is 13.3. The van der Waals surface area contributed by atoms with Crippen LogP contribution in [0.4, 0.5) is 11.4 Å². The van der Waals surface area contributed by atoms with Gasteiger partial charge in [0.2, 0.25) is 0 Å². The number of aliphatic hydroxyl groups is 1. The van der Waals surface area contributed by atoms with Gasteiger partial charge in [0.15, 0.2) is 0 Å². The van der Waals surface area contributed by atoms with E-state index in [1.165, 1.54) is 44.6 Å². The maximum Gasteiger partial charge on any atom is 0.272 e. The minimum absolute atomic E-state index is 0.109. The second-order valence-corrected chi connectivity index (χ2v) is 7.17. The van der Waals surface area contributed by atoms with Gasteiger partial charge >= 0.3 is 0 Å². The molecular formula is C20H18N2O7S. The lowest BCUT2D eigenvalue weighted by Gasteiger charge is -2.19. The SMILES string of the molecule is COc1ccc(OC)c(N2C(=O)C(SCCO)=C(c3ccc([N+](=O)[O-])cc3)C2=O)c1. The second-order valence-electron chi connectivity index (χ2n) is 6.06. The van der Waals surface area contributed by atoms with Crippen LogP contribution in [0, 0.1) is 10.1 Å². The number of rotatable bonds is 8. The Hall–Kier alpha value is -3.37. The third-order valence-corrected chi connectivity index (χ3v) is 5.43. The van der Waals surface area contributed by atoms with E-state index < -0.39 is 16.7 Å². The van der Waals surface area contributed by atoms with Crippen molar-refractivity contribution in [1.29, 1.82) is 0 Å². The molecule has 2 aromatic rings. The van der Waals surface area contributed by atoms with Crippen LogP contribution >= 0.6 is 11.8 Å². The molecule has 1 aliphatic rings. The van der Waals surface area contributed by atoms with Crippen molar-refractivity contribution in [1.82, 2.24) is 0 Å². The first-order valence-corrected chi connectivity index (χ1v) is 9.75. The van der Waals surface area contributed by atoms with Crippen molar-refractivity contribution in [3.8, 4) is 11.5 Å². The summed E-state index contributed by atoms with van der Waals surface area (Å²) < 4.78 is 10.5. The van der Waals surface area contributed by atoms with Crippen LogP contribution in [-0.4, -0.2) is 48.4 Å². The summed E-state index contributed by atoms with van der Waals surface area (Å²) in [5.74, 6) is -0.235. The molecule has 156 valence electrons. The summed E-state index contributed by atoms with van der Waals surface area (Å²) in [6, 6.07) is 10.1. The Balaban J connectivity index is 2.11. The molecule has 0 aromatic heterocycles. The van der Waals surface area contributed by atoms with E-state index in [1.807, 2.05) is 0 Å². The number of benzene rings is 2. The Kier molecular flexibility index (Phi) is 6.38. The highest BCUT2D eigenvalue weighted by molar-refractivity contribution is 8.04. The molecule has 30 heavy (non-hydrogen) atoms. The Morgan fingerprint density at radius 1 is 1.07 bits per heavy atom. The Morgan fingerprint density at radius 3 is 2.33 bits per heavy atom. The normalized spacial score (nSPS) is 13.8. The predicted molar refractivity (Wildman–Crippen MR) is 112 cm³/mol. The van der Waals surface area contributed by atoms with Crippen molar-refractivity contribution in [3.63, 3.8) is 0 Å². The molecule has 0 fully saturated rings. The zero-order chi connectivity index (χ0) is 21.8. The van der Waals surface area contributed by atoms with Crippen LogP contribution in [0.1, 0.15) is 5.56 Å². The van der Waals surface area contributed by atoms with Crippen molar-refractivity contribution >= 4 is 40.5 Å². The molecular weight excluding hydrogens is 412 g/mol. The lowest BCUT2D eigenvalue weighted by molar-refractivity contribution is -0.384. The van der Waals surface area contributed by atoms with Gasteiger partial charge in [-0.05, 0) is 29.8 Å². The van der Waals surface area contributed by atoms with E-state index in [2.05, 4.69) is 0 Å². The van der Waals surface area contributed by atoms with Crippen LogP contribution < -0.4 is 14.4 Å². The summed E-state index contributed by atoms with van der Waals surface area (Å²) in [7, 11) is 2.88. The predicted octanol–water partition coefficient (Wildman–Crippen LogP) is 2.62. The summed E-state index contributed by atoms with van der Waals surface area (Å²) in [6.07, 6.45) is 0. The number of hydrogen-bond acceptors (Lipinski definition) is 8. The van der Waals surface area contributed by atoms with E-state index in [9.17, 15) is 24.8 Å². The number of methoxy groups -OCH3 is 2. The molecule has 0 unspecified atom stereocenters. The number of nitro benzene ring substituents is 1. The summed E-state index contributed by atoms with van der Waals surface area (Å²) in [4.78, 5) is 38.0. The van der Waals surface area contributed by atoms with E-state index in [4.69, 9.17) is 9.47 Å². The summed E-state index contributed by atoms with van der Waals surface area (Å²) >= 11 is 1.04. The van der Waals surface area contributed by atoms with Crippen molar-refractivity contribution in [2.45, 2.75) is 0 Å². The quantitative estimate of drug-likeness (QED) is 0.386. The monoisotopic (exact) mass is 430 g/mol. The fourth-order valence-electron chi connectivity index (χ4n) is 2.99. The molecule has 9 nitrogen and oxygen atoms in total. The van der Waals surface area contributed by atoms with E-state index in [0.29, 0.717) is 17.1 Å². The zero-order valence-electron chi connectivity index (χ0n) is 16.2. The van der Waals surface area contributed by atoms with Gasteiger partial charge in [-0.15, -0.1) is 11.8 Å².